The average Bonchev–Trinajstić information content (AvgIpc) is 4.21. The van der Waals surface area contributed by atoms with Gasteiger partial charge in [-0.3, -0.25) is 18.7 Å². The molecule has 23 heteroatoms. The number of fused-ring (bicyclic) bond motifs is 4. The monoisotopic (exact) mass is 1010 g/mol. The van der Waals surface area contributed by atoms with E-state index in [4.69, 9.17) is 39.1 Å². The number of carbonyl (C=O) groups excluding carboxylic acids is 2. The van der Waals surface area contributed by atoms with Crippen LogP contribution in [0.25, 0.3) is 22.3 Å². The number of carbonyl (C=O) groups is 2. The van der Waals surface area contributed by atoms with Crippen molar-refractivity contribution in [2.24, 2.45) is 0 Å². The zero-order chi connectivity index (χ0) is 50.2. The molecular weight excluding hydrogens is 960 g/mol. The van der Waals surface area contributed by atoms with Crippen LogP contribution in [-0.4, -0.2) is 119 Å². The van der Waals surface area contributed by atoms with Gasteiger partial charge in [0.25, 0.3) is 20.9 Å². The molecule has 8 heterocycles. The van der Waals surface area contributed by atoms with Crippen LogP contribution in [0.4, 0.5) is 11.6 Å². The molecule has 7 aromatic rings. The number of amides is 2. The van der Waals surface area contributed by atoms with Crippen molar-refractivity contribution >= 4 is 65.5 Å². The first-order valence-corrected chi connectivity index (χ1v) is 25.0. The second kappa shape index (κ2) is 20.0. The lowest BCUT2D eigenvalue weighted by molar-refractivity contribution is -0.199. The number of benzene rings is 3. The largest absolute Gasteiger partial charge is 0.394 e. The maximum atomic E-state index is 12.6. The van der Waals surface area contributed by atoms with E-state index < -0.39 is 51.4 Å². The Labute approximate surface area is 412 Å². The fraction of sp³-hybridized carbons (Fsp3) is 0.375. The van der Waals surface area contributed by atoms with Crippen molar-refractivity contribution in [3.8, 4) is 0 Å². The highest BCUT2D eigenvalue weighted by molar-refractivity contribution is 8.13. The van der Waals surface area contributed by atoms with Crippen molar-refractivity contribution in [2.75, 3.05) is 17.2 Å². The number of imidazole rings is 2. The molecular formula is C48H51ClN10O11S. The van der Waals surface area contributed by atoms with Crippen LogP contribution in [0, 0.1) is 6.92 Å². The van der Waals surface area contributed by atoms with Crippen molar-refractivity contribution < 1.29 is 51.5 Å². The molecule has 0 aliphatic carbocycles. The maximum Gasteiger partial charge on any atom is 0.261 e. The van der Waals surface area contributed by atoms with Crippen molar-refractivity contribution in [2.45, 2.75) is 114 Å². The molecule has 8 atom stereocenters. The summed E-state index contributed by atoms with van der Waals surface area (Å²) in [5.74, 6) is -1.38. The number of aromatic nitrogens is 8. The van der Waals surface area contributed by atoms with Gasteiger partial charge in [0.2, 0.25) is 0 Å². The predicted molar refractivity (Wildman–Crippen MR) is 257 cm³/mol. The molecule has 2 amide bonds. The Balaban J connectivity index is 0.000000146. The van der Waals surface area contributed by atoms with E-state index in [9.17, 15) is 23.1 Å². The van der Waals surface area contributed by atoms with Gasteiger partial charge in [0, 0.05) is 21.8 Å². The van der Waals surface area contributed by atoms with Gasteiger partial charge in [-0.15, -0.1) is 0 Å². The van der Waals surface area contributed by atoms with Gasteiger partial charge in [0.15, 0.2) is 58.0 Å². The summed E-state index contributed by atoms with van der Waals surface area (Å²) in [7, 11) is 1.54. The highest BCUT2D eigenvalue weighted by Gasteiger charge is 2.57. The van der Waals surface area contributed by atoms with Crippen LogP contribution in [-0.2, 0) is 37.5 Å². The van der Waals surface area contributed by atoms with Crippen LogP contribution in [0.1, 0.15) is 79.8 Å². The number of nitrogens with one attached hydrogen (secondary N) is 2. The lowest BCUT2D eigenvalue weighted by Gasteiger charge is -2.24. The van der Waals surface area contributed by atoms with Gasteiger partial charge in [-0.1, -0.05) is 61.0 Å². The summed E-state index contributed by atoms with van der Waals surface area (Å²) in [5.41, 5.74) is 4.00. The maximum absolute atomic E-state index is 12.6. The van der Waals surface area contributed by atoms with Gasteiger partial charge in [0.05, 0.1) is 30.3 Å². The van der Waals surface area contributed by atoms with Gasteiger partial charge in [-0.2, -0.15) is 0 Å². The minimum atomic E-state index is -3.55. The third kappa shape index (κ3) is 10.5. The van der Waals surface area contributed by atoms with Crippen LogP contribution in [0.2, 0.25) is 0 Å². The summed E-state index contributed by atoms with van der Waals surface area (Å²) in [5, 5.41) is 15.3. The van der Waals surface area contributed by atoms with Crippen LogP contribution >= 0.6 is 10.7 Å². The van der Waals surface area contributed by atoms with E-state index in [0.717, 1.165) is 12.0 Å². The molecule has 0 saturated carbocycles. The minimum absolute atomic E-state index is 0.0849. The Morgan fingerprint density at radius 2 is 1.06 bits per heavy atom. The molecule has 0 radical (unpaired) electrons. The third-order valence-electron chi connectivity index (χ3n) is 11.9. The van der Waals surface area contributed by atoms with Gasteiger partial charge in [-0.05, 0) is 77.4 Å². The highest BCUT2D eigenvalue weighted by Crippen LogP contribution is 2.46. The summed E-state index contributed by atoms with van der Waals surface area (Å²) in [6.45, 7) is 11.2. The van der Waals surface area contributed by atoms with E-state index in [-0.39, 0.29) is 41.6 Å². The molecule has 4 aliphatic heterocycles. The number of aliphatic hydroxyl groups excluding tert-OH is 1. The summed E-state index contributed by atoms with van der Waals surface area (Å²) in [4.78, 5) is 51.2. The summed E-state index contributed by atoms with van der Waals surface area (Å²) in [6.07, 6.45) is 3.84. The average molecular weight is 1010 g/mol. The van der Waals surface area contributed by atoms with E-state index in [0.29, 0.717) is 45.1 Å². The smallest absolute Gasteiger partial charge is 0.261 e. The second-order valence-electron chi connectivity index (χ2n) is 17.8. The molecule has 3 N–H and O–H groups in total. The van der Waals surface area contributed by atoms with Crippen LogP contribution in [0.15, 0.2) is 115 Å². The first kappa shape index (κ1) is 49.6. The molecule has 4 aromatic heterocycles. The number of rotatable bonds is 9. The fourth-order valence-corrected chi connectivity index (χ4v) is 9.51. The van der Waals surface area contributed by atoms with Crippen molar-refractivity contribution in [3.05, 3.63) is 127 Å². The molecule has 372 valence electrons. The van der Waals surface area contributed by atoms with Gasteiger partial charge >= 0.3 is 0 Å². The Hall–Kier alpha value is -6.34. The second-order valence-corrected chi connectivity index (χ2v) is 20.4. The topological polar surface area (TPSA) is 255 Å². The number of aryl methyl sites for hydroxylation is 1. The SMILES string of the molecule is CC1(C)OC2[C@@H](O1)[C@@H](CO)O[C@H]2n1cnc2c(NC(=O)c3ccccc3)ncnc21.CC[C@H]1O[C@@H](n2cnc3c(NC(=O)c4ccccc4)ncnc32)C2OC(C)(C)O[C@H]21.Cc1ccc(S(=O)(=O)Cl)cc1. The third-order valence-corrected chi connectivity index (χ3v) is 13.3. The number of nitrogens with zero attached hydrogens (tertiary/aromatic N) is 8. The van der Waals surface area contributed by atoms with Crippen LogP contribution in [0.3, 0.4) is 0 Å². The molecule has 4 aliphatic rings. The van der Waals surface area contributed by atoms with Crippen molar-refractivity contribution in [3.63, 3.8) is 0 Å². The van der Waals surface area contributed by atoms with Crippen LogP contribution in [0.5, 0.6) is 0 Å². The summed E-state index contributed by atoms with van der Waals surface area (Å²) >= 11 is 0. The van der Waals surface area contributed by atoms with Gasteiger partial charge < -0.3 is 44.2 Å². The number of hydrogen-bond donors (Lipinski definition) is 3. The fourth-order valence-electron chi connectivity index (χ4n) is 8.74. The quantitative estimate of drug-likeness (QED) is 0.134. The van der Waals surface area contributed by atoms with Crippen molar-refractivity contribution in [1.29, 1.82) is 0 Å². The lowest BCUT2D eigenvalue weighted by atomic mass is 10.1. The van der Waals surface area contributed by atoms with Gasteiger partial charge in [0.1, 0.15) is 43.2 Å². The number of anilines is 2. The Bertz CT molecular complexity index is 2970. The Kier molecular flexibility index (Phi) is 14.0. The first-order valence-electron chi connectivity index (χ1n) is 22.7. The zero-order valence-corrected chi connectivity index (χ0v) is 40.9. The Morgan fingerprint density at radius 1 is 0.634 bits per heavy atom. The zero-order valence-electron chi connectivity index (χ0n) is 39.3. The predicted octanol–water partition coefficient (Wildman–Crippen LogP) is 6.32. The molecule has 3 aromatic carbocycles. The number of ether oxygens (including phenoxy) is 6. The van der Waals surface area contributed by atoms with E-state index in [2.05, 4.69) is 47.5 Å². The molecule has 71 heavy (non-hydrogen) atoms. The van der Waals surface area contributed by atoms with Crippen LogP contribution < -0.4 is 10.6 Å². The molecule has 11 rings (SSSR count). The van der Waals surface area contributed by atoms with Gasteiger partial charge in [-0.25, -0.2) is 38.3 Å². The molecule has 21 nitrogen and oxygen atoms in total. The normalized spacial score (nSPS) is 24.8. The molecule has 0 bridgehead atoms. The van der Waals surface area contributed by atoms with E-state index in [1.54, 1.807) is 65.8 Å². The number of hydrogen-bond acceptors (Lipinski definition) is 17. The van der Waals surface area contributed by atoms with E-state index >= 15 is 0 Å². The molecule has 4 fully saturated rings. The van der Waals surface area contributed by atoms with E-state index in [1.165, 1.54) is 24.8 Å². The first-order chi connectivity index (χ1) is 33.9. The number of halogens is 1. The highest BCUT2D eigenvalue weighted by atomic mass is 35.7. The molecule has 0 spiro atoms. The number of aliphatic hydroxyl groups is 1. The Morgan fingerprint density at radius 3 is 1.48 bits per heavy atom. The van der Waals surface area contributed by atoms with Crippen molar-refractivity contribution in [1.82, 2.24) is 39.0 Å². The summed E-state index contributed by atoms with van der Waals surface area (Å²) in [6, 6.07) is 24.2. The molecule has 2 unspecified atom stereocenters. The molecule has 4 saturated heterocycles. The van der Waals surface area contributed by atoms with E-state index in [1.807, 2.05) is 63.5 Å². The standard InChI is InChI=1S/C21H23N5O4.C20H21N5O5.C7H7ClO2S/c1-4-13-15-16(30-21(2,3)29-15)20(28-13)26-11-24-14-17(22-10-23-18(14)26)25-19(27)12-8-6-5-7-9-12;1-20(2)29-14-12(8-26)28-19(15(14)30-20)25-10-23-13-16(21-9-22-17(13)25)24-18(27)11-6-4-3-5-7-11;1-6-2-4-7(5-3-6)11(8,9)10/h5-11,13,15-16,20H,4H2,1-3H3,(H,22,23,25,27);3-7,9-10,12,14-15,19,26H,8H2,1-2H3,(H,21,22,24,27);2-5H,1H3/t13-,15+,16?,20-;12-,14+,15?,19-;/m11./s1. The lowest BCUT2D eigenvalue weighted by Crippen LogP contribution is -2.31. The minimum Gasteiger partial charge on any atom is -0.394 e. The summed E-state index contributed by atoms with van der Waals surface area (Å²) < 4.78 is 61.3.